The number of piperidine rings is 1. The molecule has 2 aliphatic rings. The van der Waals surface area contributed by atoms with E-state index >= 15 is 0 Å². The van der Waals surface area contributed by atoms with Gasteiger partial charge in [0.2, 0.25) is 0 Å². The molecule has 3 aromatic heterocycles. The molecular formula is C17H19N7O3. The molecule has 3 aromatic rings. The number of hydrogen-bond donors (Lipinski definition) is 1. The Kier molecular flexibility index (Phi) is 3.44. The van der Waals surface area contributed by atoms with Crippen LogP contribution in [-0.4, -0.2) is 60.0 Å². The van der Waals surface area contributed by atoms with Crippen molar-refractivity contribution in [1.29, 1.82) is 0 Å². The minimum absolute atomic E-state index is 0.0743. The molecule has 10 nitrogen and oxygen atoms in total. The number of carbonyl (C=O) groups is 1. The van der Waals surface area contributed by atoms with Gasteiger partial charge in [0.15, 0.2) is 5.65 Å². The molecule has 5 heterocycles. The Morgan fingerprint density at radius 3 is 3.04 bits per heavy atom. The van der Waals surface area contributed by atoms with Crippen LogP contribution >= 0.6 is 0 Å². The van der Waals surface area contributed by atoms with E-state index in [2.05, 4.69) is 25.3 Å². The van der Waals surface area contributed by atoms with E-state index in [9.17, 15) is 9.90 Å². The highest BCUT2D eigenvalue weighted by Crippen LogP contribution is 2.37. The van der Waals surface area contributed by atoms with Crippen molar-refractivity contribution in [3.05, 3.63) is 29.3 Å². The lowest BCUT2D eigenvalue weighted by molar-refractivity contribution is -0.0334. The lowest BCUT2D eigenvalue weighted by atomic mass is 9.98. The highest BCUT2D eigenvalue weighted by Gasteiger charge is 2.38. The Balaban J connectivity index is 1.59. The second-order valence-electron chi connectivity index (χ2n) is 7.05. The van der Waals surface area contributed by atoms with E-state index in [4.69, 9.17) is 4.74 Å². The zero-order valence-corrected chi connectivity index (χ0v) is 15.0. The minimum atomic E-state index is -0.993. The van der Waals surface area contributed by atoms with Crippen LogP contribution in [0.25, 0.3) is 11.0 Å². The van der Waals surface area contributed by atoms with Crippen LogP contribution in [0, 0.1) is 6.92 Å². The monoisotopic (exact) mass is 369 g/mol. The highest BCUT2D eigenvalue weighted by atomic mass is 16.5. The van der Waals surface area contributed by atoms with Crippen molar-refractivity contribution < 1.29 is 14.6 Å². The van der Waals surface area contributed by atoms with E-state index in [1.807, 2.05) is 18.7 Å². The SMILES string of the molecule is Cc1nn(C)c2ncc(C(=O)O)c(N3CC[C@H]4[C@H](C3)OCc3cnnn34)c12. The van der Waals surface area contributed by atoms with Gasteiger partial charge in [-0.05, 0) is 13.3 Å². The number of aryl methyl sites for hydroxylation is 2. The van der Waals surface area contributed by atoms with Gasteiger partial charge in [-0.25, -0.2) is 14.5 Å². The average molecular weight is 369 g/mol. The molecule has 5 rings (SSSR count). The Labute approximate surface area is 154 Å². The topological polar surface area (TPSA) is 111 Å². The van der Waals surface area contributed by atoms with Gasteiger partial charge in [0.25, 0.3) is 0 Å². The van der Waals surface area contributed by atoms with Gasteiger partial charge in [0.1, 0.15) is 5.56 Å². The second kappa shape index (κ2) is 5.74. The Morgan fingerprint density at radius 2 is 2.22 bits per heavy atom. The van der Waals surface area contributed by atoms with Crippen LogP contribution in [-0.2, 0) is 18.4 Å². The molecule has 10 heteroatoms. The average Bonchev–Trinajstić information content (AvgIpc) is 3.25. The zero-order chi connectivity index (χ0) is 18.7. The first kappa shape index (κ1) is 16.2. The van der Waals surface area contributed by atoms with Crippen LogP contribution in [0.15, 0.2) is 12.4 Å². The molecule has 0 bridgehead atoms. The van der Waals surface area contributed by atoms with Crippen LogP contribution in [0.3, 0.4) is 0 Å². The summed E-state index contributed by atoms with van der Waals surface area (Å²) in [6, 6.07) is 0.119. The van der Waals surface area contributed by atoms with Crippen molar-refractivity contribution in [2.24, 2.45) is 7.05 Å². The maximum atomic E-state index is 11.9. The van der Waals surface area contributed by atoms with Crippen molar-refractivity contribution in [2.45, 2.75) is 32.1 Å². The lowest BCUT2D eigenvalue weighted by Crippen LogP contribution is -2.49. The molecule has 0 radical (unpaired) electrons. The van der Waals surface area contributed by atoms with Gasteiger partial charge in [-0.2, -0.15) is 5.10 Å². The molecule has 0 aromatic carbocycles. The summed E-state index contributed by atoms with van der Waals surface area (Å²) >= 11 is 0. The van der Waals surface area contributed by atoms with Crippen LogP contribution < -0.4 is 4.90 Å². The van der Waals surface area contributed by atoms with Crippen LogP contribution in [0.1, 0.15) is 34.2 Å². The molecule has 0 aliphatic carbocycles. The van der Waals surface area contributed by atoms with Crippen molar-refractivity contribution >= 4 is 22.7 Å². The van der Waals surface area contributed by atoms with Gasteiger partial charge in [-0.3, -0.25) is 4.68 Å². The molecule has 0 spiro atoms. The number of fused-ring (bicyclic) bond motifs is 4. The van der Waals surface area contributed by atoms with Crippen molar-refractivity contribution in [2.75, 3.05) is 18.0 Å². The molecule has 140 valence electrons. The van der Waals surface area contributed by atoms with Crippen molar-refractivity contribution in [3.63, 3.8) is 0 Å². The third-order valence-electron chi connectivity index (χ3n) is 5.48. The molecule has 2 atom stereocenters. The van der Waals surface area contributed by atoms with Gasteiger partial charge in [-0.15, -0.1) is 5.10 Å². The third kappa shape index (κ3) is 2.33. The first-order valence-electron chi connectivity index (χ1n) is 8.86. The number of aromatic carboxylic acids is 1. The van der Waals surface area contributed by atoms with E-state index in [1.54, 1.807) is 10.9 Å². The van der Waals surface area contributed by atoms with Crippen LogP contribution in [0.4, 0.5) is 5.69 Å². The lowest BCUT2D eigenvalue weighted by Gasteiger charge is -2.42. The number of nitrogens with zero attached hydrogens (tertiary/aromatic N) is 7. The fraction of sp³-hybridized carbons (Fsp3) is 0.471. The van der Waals surface area contributed by atoms with E-state index in [1.165, 1.54) is 6.20 Å². The maximum absolute atomic E-state index is 11.9. The summed E-state index contributed by atoms with van der Waals surface area (Å²) in [7, 11) is 1.81. The van der Waals surface area contributed by atoms with Crippen LogP contribution in [0.5, 0.6) is 0 Å². The molecule has 0 amide bonds. The first-order chi connectivity index (χ1) is 13.0. The number of carboxylic acids is 1. The molecule has 0 unspecified atom stereocenters. The number of aromatic nitrogens is 6. The largest absolute Gasteiger partial charge is 0.478 e. The van der Waals surface area contributed by atoms with Gasteiger partial charge >= 0.3 is 5.97 Å². The molecule has 27 heavy (non-hydrogen) atoms. The molecule has 0 saturated carbocycles. The number of rotatable bonds is 2. The maximum Gasteiger partial charge on any atom is 0.339 e. The summed E-state index contributed by atoms with van der Waals surface area (Å²) in [5.41, 5.74) is 3.28. The Bertz CT molecular complexity index is 1060. The van der Waals surface area contributed by atoms with Crippen molar-refractivity contribution in [1.82, 2.24) is 29.8 Å². The molecule has 1 fully saturated rings. The van der Waals surface area contributed by atoms with Gasteiger partial charge in [0, 0.05) is 26.3 Å². The standard InChI is InChI=1S/C17H19N7O3/c1-9-14-15(11(17(25)26)6-18-16(14)22(2)20-9)23-4-3-12-13(7-23)27-8-10-5-19-21-24(10)12/h5-6,12-13H,3-4,7-8H2,1-2H3,(H,25,26)/t12-,13-/m0/s1. The number of hydrogen-bond acceptors (Lipinski definition) is 7. The van der Waals surface area contributed by atoms with Gasteiger partial charge in [0.05, 0.1) is 47.4 Å². The van der Waals surface area contributed by atoms with Gasteiger partial charge in [-0.1, -0.05) is 5.21 Å². The second-order valence-corrected chi connectivity index (χ2v) is 7.05. The molecule has 1 saturated heterocycles. The van der Waals surface area contributed by atoms with E-state index in [-0.39, 0.29) is 17.7 Å². The highest BCUT2D eigenvalue weighted by molar-refractivity contribution is 6.04. The zero-order valence-electron chi connectivity index (χ0n) is 15.0. The Hall–Kier alpha value is -3.01. The summed E-state index contributed by atoms with van der Waals surface area (Å²) in [6.07, 6.45) is 3.87. The predicted molar refractivity (Wildman–Crippen MR) is 94.7 cm³/mol. The summed E-state index contributed by atoms with van der Waals surface area (Å²) in [5.74, 6) is -0.993. The number of pyridine rings is 1. The summed E-state index contributed by atoms with van der Waals surface area (Å²) in [5, 5.41) is 23.1. The molecule has 1 N–H and O–H groups in total. The van der Waals surface area contributed by atoms with Crippen LogP contribution in [0.2, 0.25) is 0 Å². The minimum Gasteiger partial charge on any atom is -0.478 e. The smallest absolute Gasteiger partial charge is 0.339 e. The van der Waals surface area contributed by atoms with E-state index in [0.717, 1.165) is 23.2 Å². The van der Waals surface area contributed by atoms with E-state index in [0.29, 0.717) is 31.0 Å². The number of carboxylic acid groups (broad SMARTS) is 1. The fourth-order valence-electron chi connectivity index (χ4n) is 4.27. The summed E-state index contributed by atoms with van der Waals surface area (Å²) < 4.78 is 9.67. The van der Waals surface area contributed by atoms with E-state index < -0.39 is 5.97 Å². The molecule has 2 aliphatic heterocycles. The fourth-order valence-corrected chi connectivity index (χ4v) is 4.27. The summed E-state index contributed by atoms with van der Waals surface area (Å²) in [4.78, 5) is 18.3. The number of anilines is 1. The number of ether oxygens (including phenoxy) is 1. The van der Waals surface area contributed by atoms with Crippen molar-refractivity contribution in [3.8, 4) is 0 Å². The Morgan fingerprint density at radius 1 is 1.37 bits per heavy atom. The molecular weight excluding hydrogens is 350 g/mol. The summed E-state index contributed by atoms with van der Waals surface area (Å²) in [6.45, 7) is 3.62. The normalized spacial score (nSPS) is 21.9. The quantitative estimate of drug-likeness (QED) is 0.710. The van der Waals surface area contributed by atoms with Gasteiger partial charge < -0.3 is 14.7 Å². The third-order valence-corrected chi connectivity index (χ3v) is 5.48. The predicted octanol–water partition coefficient (Wildman–Crippen LogP) is 0.917. The first-order valence-corrected chi connectivity index (χ1v) is 8.86.